The Bertz CT molecular complexity index is 282. The second-order valence-electron chi connectivity index (χ2n) is 4.34. The van der Waals surface area contributed by atoms with Gasteiger partial charge in [0.2, 0.25) is 10.0 Å². The number of hydrogen-bond acceptors (Lipinski definition) is 3. The molecule has 0 radical (unpaired) electrons. The van der Waals surface area contributed by atoms with E-state index in [-0.39, 0.29) is 5.25 Å². The van der Waals surface area contributed by atoms with E-state index in [1.165, 1.54) is 0 Å². The first-order valence-corrected chi connectivity index (χ1v) is 7.21. The van der Waals surface area contributed by atoms with Crippen molar-refractivity contribution in [3.63, 3.8) is 0 Å². The van der Waals surface area contributed by atoms with Crippen molar-refractivity contribution in [2.75, 3.05) is 19.6 Å². The van der Waals surface area contributed by atoms with Gasteiger partial charge in [0.1, 0.15) is 0 Å². The molecule has 1 rings (SSSR count). The summed E-state index contributed by atoms with van der Waals surface area (Å²) in [7, 11) is -3.08. The van der Waals surface area contributed by atoms with E-state index < -0.39 is 10.0 Å². The van der Waals surface area contributed by atoms with Crippen LogP contribution in [0.4, 0.5) is 0 Å². The second kappa shape index (κ2) is 5.27. The van der Waals surface area contributed by atoms with E-state index in [1.807, 2.05) is 6.92 Å². The summed E-state index contributed by atoms with van der Waals surface area (Å²) in [4.78, 5) is 0. The smallest absolute Gasteiger partial charge is 0.216 e. The molecule has 0 aromatic carbocycles. The molecule has 0 amide bonds. The molecule has 5 heteroatoms. The van der Waals surface area contributed by atoms with Crippen LogP contribution >= 0.6 is 0 Å². The zero-order valence-electron chi connectivity index (χ0n) is 9.86. The van der Waals surface area contributed by atoms with E-state index in [0.29, 0.717) is 19.1 Å². The SMILES string of the molecule is CCN(CC1CCCN1)S(=O)(=O)C(C)C. The fraction of sp³-hybridized carbons (Fsp3) is 1.00. The van der Waals surface area contributed by atoms with Crippen molar-refractivity contribution in [1.82, 2.24) is 9.62 Å². The Morgan fingerprint density at radius 3 is 2.53 bits per heavy atom. The summed E-state index contributed by atoms with van der Waals surface area (Å²) in [5.41, 5.74) is 0. The first-order chi connectivity index (χ1) is 6.98. The molecule has 0 aliphatic carbocycles. The first kappa shape index (κ1) is 12.9. The van der Waals surface area contributed by atoms with Crippen LogP contribution in [-0.2, 0) is 10.0 Å². The van der Waals surface area contributed by atoms with Crippen molar-refractivity contribution in [2.45, 2.75) is 44.9 Å². The Kier molecular flexibility index (Phi) is 4.55. The average Bonchev–Trinajstić information content (AvgIpc) is 2.65. The summed E-state index contributed by atoms with van der Waals surface area (Å²) in [6.45, 7) is 7.58. The number of rotatable bonds is 5. The summed E-state index contributed by atoms with van der Waals surface area (Å²) in [5.74, 6) is 0. The maximum Gasteiger partial charge on any atom is 0.216 e. The minimum Gasteiger partial charge on any atom is -0.313 e. The number of likely N-dealkylation sites (N-methyl/N-ethyl adjacent to an activating group) is 1. The van der Waals surface area contributed by atoms with Crippen molar-refractivity contribution < 1.29 is 8.42 Å². The van der Waals surface area contributed by atoms with Crippen molar-refractivity contribution in [1.29, 1.82) is 0 Å². The highest BCUT2D eigenvalue weighted by atomic mass is 32.2. The quantitative estimate of drug-likeness (QED) is 0.765. The van der Waals surface area contributed by atoms with Gasteiger partial charge in [-0.25, -0.2) is 12.7 Å². The fourth-order valence-electron chi connectivity index (χ4n) is 1.87. The molecule has 0 bridgehead atoms. The average molecular weight is 234 g/mol. The molecule has 1 saturated heterocycles. The van der Waals surface area contributed by atoms with E-state index in [9.17, 15) is 8.42 Å². The molecular formula is C10H22N2O2S. The van der Waals surface area contributed by atoms with Crippen LogP contribution < -0.4 is 5.32 Å². The topological polar surface area (TPSA) is 49.4 Å². The van der Waals surface area contributed by atoms with Crippen LogP contribution in [0.3, 0.4) is 0 Å². The lowest BCUT2D eigenvalue weighted by Gasteiger charge is -2.25. The minimum absolute atomic E-state index is 0.321. The first-order valence-electron chi connectivity index (χ1n) is 5.70. The maximum atomic E-state index is 11.9. The van der Waals surface area contributed by atoms with Crippen molar-refractivity contribution in [2.24, 2.45) is 0 Å². The van der Waals surface area contributed by atoms with Gasteiger partial charge < -0.3 is 5.32 Å². The van der Waals surface area contributed by atoms with Crippen LogP contribution in [0.2, 0.25) is 0 Å². The summed E-state index contributed by atoms with van der Waals surface area (Å²) < 4.78 is 25.5. The Balaban J connectivity index is 2.62. The Morgan fingerprint density at radius 1 is 1.47 bits per heavy atom. The monoisotopic (exact) mass is 234 g/mol. The van der Waals surface area contributed by atoms with E-state index in [4.69, 9.17) is 0 Å². The fourth-order valence-corrected chi connectivity index (χ4v) is 3.21. The molecule has 0 spiro atoms. The van der Waals surface area contributed by atoms with Gasteiger partial charge in [-0.3, -0.25) is 0 Å². The number of nitrogens with one attached hydrogen (secondary N) is 1. The molecule has 1 aliphatic rings. The third-order valence-electron chi connectivity index (χ3n) is 2.89. The summed E-state index contributed by atoms with van der Waals surface area (Å²) in [6.07, 6.45) is 2.24. The summed E-state index contributed by atoms with van der Waals surface area (Å²) in [6, 6.07) is 0.346. The van der Waals surface area contributed by atoms with E-state index >= 15 is 0 Å². The largest absolute Gasteiger partial charge is 0.313 e. The van der Waals surface area contributed by atoms with Gasteiger partial charge in [-0.15, -0.1) is 0 Å². The molecule has 0 aromatic heterocycles. The third kappa shape index (κ3) is 3.16. The predicted octanol–water partition coefficient (Wildman–Crippen LogP) is 0.798. The Morgan fingerprint density at radius 2 is 2.13 bits per heavy atom. The van der Waals surface area contributed by atoms with Crippen LogP contribution in [0, 0.1) is 0 Å². The lowest BCUT2D eigenvalue weighted by atomic mass is 10.2. The molecule has 1 atom stereocenters. The molecule has 1 unspecified atom stereocenters. The van der Waals surface area contributed by atoms with Crippen molar-refractivity contribution >= 4 is 10.0 Å². The van der Waals surface area contributed by atoms with Gasteiger partial charge >= 0.3 is 0 Å². The molecule has 1 N–H and O–H groups in total. The van der Waals surface area contributed by atoms with Gasteiger partial charge in [-0.05, 0) is 33.2 Å². The molecule has 4 nitrogen and oxygen atoms in total. The molecular weight excluding hydrogens is 212 g/mol. The van der Waals surface area contributed by atoms with E-state index in [2.05, 4.69) is 5.32 Å². The van der Waals surface area contributed by atoms with Gasteiger partial charge in [0.15, 0.2) is 0 Å². The standard InChI is InChI=1S/C10H22N2O2S/c1-4-12(15(13,14)9(2)3)8-10-6-5-7-11-10/h9-11H,4-8H2,1-3H3. The molecule has 1 aliphatic heterocycles. The zero-order valence-corrected chi connectivity index (χ0v) is 10.7. The van der Waals surface area contributed by atoms with Crippen LogP contribution in [0.15, 0.2) is 0 Å². The molecule has 0 saturated carbocycles. The van der Waals surface area contributed by atoms with Crippen molar-refractivity contribution in [3.05, 3.63) is 0 Å². The number of hydrogen-bond donors (Lipinski definition) is 1. The highest BCUT2D eigenvalue weighted by Crippen LogP contribution is 2.13. The third-order valence-corrected chi connectivity index (χ3v) is 5.21. The van der Waals surface area contributed by atoms with E-state index in [1.54, 1.807) is 18.2 Å². The lowest BCUT2D eigenvalue weighted by Crippen LogP contribution is -2.43. The molecule has 1 fully saturated rings. The van der Waals surface area contributed by atoms with Crippen LogP contribution in [0.1, 0.15) is 33.6 Å². The molecule has 0 aromatic rings. The molecule has 1 heterocycles. The minimum atomic E-state index is -3.08. The highest BCUT2D eigenvalue weighted by molar-refractivity contribution is 7.89. The number of sulfonamides is 1. The van der Waals surface area contributed by atoms with Gasteiger partial charge in [0.25, 0.3) is 0 Å². The van der Waals surface area contributed by atoms with Gasteiger partial charge in [-0.2, -0.15) is 0 Å². The zero-order chi connectivity index (χ0) is 11.5. The van der Waals surface area contributed by atoms with Gasteiger partial charge in [0.05, 0.1) is 5.25 Å². The summed E-state index contributed by atoms with van der Waals surface area (Å²) >= 11 is 0. The Labute approximate surface area is 93.1 Å². The normalized spacial score (nSPS) is 22.9. The Hall–Kier alpha value is -0.130. The predicted molar refractivity (Wildman–Crippen MR) is 62.3 cm³/mol. The second-order valence-corrected chi connectivity index (χ2v) is 6.83. The van der Waals surface area contributed by atoms with Gasteiger partial charge in [-0.1, -0.05) is 6.92 Å². The van der Waals surface area contributed by atoms with Crippen LogP contribution in [0.5, 0.6) is 0 Å². The van der Waals surface area contributed by atoms with Crippen LogP contribution in [0.25, 0.3) is 0 Å². The lowest BCUT2D eigenvalue weighted by molar-refractivity contribution is 0.379. The van der Waals surface area contributed by atoms with Crippen molar-refractivity contribution in [3.8, 4) is 0 Å². The van der Waals surface area contributed by atoms with Crippen LogP contribution in [-0.4, -0.2) is 43.6 Å². The van der Waals surface area contributed by atoms with Gasteiger partial charge in [0, 0.05) is 19.1 Å². The molecule has 15 heavy (non-hydrogen) atoms. The van der Waals surface area contributed by atoms with E-state index in [0.717, 1.165) is 19.4 Å². The summed E-state index contributed by atoms with van der Waals surface area (Å²) in [5, 5.41) is 3.01. The maximum absolute atomic E-state index is 11.9. The molecule has 90 valence electrons. The number of nitrogens with zero attached hydrogens (tertiary/aromatic N) is 1. The highest BCUT2D eigenvalue weighted by Gasteiger charge is 2.27.